The monoisotopic (exact) mass is 717 g/mol. The van der Waals surface area contributed by atoms with E-state index in [-0.39, 0.29) is 24.8 Å². The third-order valence-electron chi connectivity index (χ3n) is 7.51. The summed E-state index contributed by atoms with van der Waals surface area (Å²) in [5, 5.41) is 9.06. The lowest BCUT2D eigenvalue weighted by molar-refractivity contribution is -0.129. The van der Waals surface area contributed by atoms with Crippen LogP contribution in [0.15, 0.2) is 119 Å². The number of rotatable bonds is 16. The summed E-state index contributed by atoms with van der Waals surface area (Å²) in [6.07, 6.45) is 4.03. The van der Waals surface area contributed by atoms with Gasteiger partial charge in [-0.1, -0.05) is 88.7 Å². The van der Waals surface area contributed by atoms with E-state index in [0.717, 1.165) is 32.7 Å². The van der Waals surface area contributed by atoms with Crippen molar-refractivity contribution in [3.8, 4) is 5.75 Å². The Morgan fingerprint density at radius 2 is 1.77 bits per heavy atom. The lowest BCUT2D eigenvalue weighted by Crippen LogP contribution is -2.53. The maximum Gasteiger partial charge on any atom is 0.266 e. The van der Waals surface area contributed by atoms with Crippen LogP contribution in [0.25, 0.3) is 6.08 Å². The van der Waals surface area contributed by atoms with Gasteiger partial charge in [-0.05, 0) is 53.6 Å². The van der Waals surface area contributed by atoms with Gasteiger partial charge in [-0.25, -0.2) is 14.8 Å². The van der Waals surface area contributed by atoms with E-state index in [1.165, 1.54) is 12.1 Å². The number of ether oxygens (including phenoxy) is 2. The van der Waals surface area contributed by atoms with Crippen LogP contribution < -0.4 is 15.6 Å². The number of nitrogens with one attached hydrogen (secondary N) is 2. The number of nitrogens with zero attached hydrogens (tertiary/aromatic N) is 1. The van der Waals surface area contributed by atoms with Crippen molar-refractivity contribution in [2.75, 3.05) is 25.5 Å². The summed E-state index contributed by atoms with van der Waals surface area (Å²) in [7, 11) is 0. The van der Waals surface area contributed by atoms with Crippen LogP contribution in [0.3, 0.4) is 0 Å². The van der Waals surface area contributed by atoms with Crippen molar-refractivity contribution >= 4 is 45.6 Å². The number of carbonyl (C=O) groups excluding carboxylic acids is 1. The van der Waals surface area contributed by atoms with E-state index >= 15 is 0 Å². The van der Waals surface area contributed by atoms with Gasteiger partial charge >= 0.3 is 0 Å². The molecule has 3 N–H and O–H groups in total. The van der Waals surface area contributed by atoms with E-state index in [2.05, 4.69) is 26.8 Å². The maximum atomic E-state index is 14.3. The molecule has 0 spiro atoms. The molecule has 4 aromatic carbocycles. The highest BCUT2D eigenvalue weighted by molar-refractivity contribution is 9.10. The first-order valence-corrected chi connectivity index (χ1v) is 17.4. The molecule has 0 radical (unpaired) electrons. The summed E-state index contributed by atoms with van der Waals surface area (Å²) >= 11 is 5.36. The molecule has 1 aliphatic rings. The summed E-state index contributed by atoms with van der Waals surface area (Å²) in [4.78, 5) is 19.3. The zero-order valence-corrected chi connectivity index (χ0v) is 28.2. The number of carbonyl (C=O) groups is 1. The smallest absolute Gasteiger partial charge is 0.266 e. The highest BCUT2D eigenvalue weighted by Gasteiger charge is 2.53. The molecule has 244 valence electrons. The molecule has 2 atom stereocenters. The number of halogens is 2. The molecular weight excluding hydrogens is 681 g/mol. The van der Waals surface area contributed by atoms with E-state index in [0.29, 0.717) is 36.8 Å². The Hall–Kier alpha value is -3.96. The number of amides is 1. The van der Waals surface area contributed by atoms with Crippen LogP contribution in [0.4, 0.5) is 4.39 Å². The summed E-state index contributed by atoms with van der Waals surface area (Å²) in [6.45, 7) is 0.986. The average Bonchev–Trinajstić information content (AvgIpc) is 3.48. The minimum absolute atomic E-state index is 0.0612. The fourth-order valence-electron chi connectivity index (χ4n) is 5.06. The van der Waals surface area contributed by atoms with Crippen molar-refractivity contribution < 1.29 is 23.8 Å². The van der Waals surface area contributed by atoms with Crippen molar-refractivity contribution in [3.63, 3.8) is 0 Å². The molecular formula is C37H37BrFN3O4S. The Balaban J connectivity index is 1.38. The number of hydrogen-bond acceptors (Lipinski definition) is 7. The molecule has 1 aliphatic heterocycles. The van der Waals surface area contributed by atoms with Gasteiger partial charge in [-0.15, -0.1) is 0 Å². The van der Waals surface area contributed by atoms with Crippen LogP contribution >= 0.6 is 27.7 Å². The standard InChI is InChI=1S/C37H37BrFN3O4S/c38-33-12-5-4-11-32(33)34-37(21-6-10-27-8-2-1-3-9-27,36(44)42-40-22-25-47-26-28-13-17-30(39)18-14-28)41-35(46-34)29-15-19-31(20-16-29)45-24-7-23-43/h1-6,8-20,34,40,43H,7,21-26H2,(H,42,44)/b10-6+/t34-,37-/m0/s1. The number of aliphatic hydroxyl groups excluding tert-OH is 1. The average molecular weight is 719 g/mol. The largest absolute Gasteiger partial charge is 0.494 e. The highest BCUT2D eigenvalue weighted by atomic mass is 79.9. The van der Waals surface area contributed by atoms with Gasteiger partial charge in [0, 0.05) is 53.1 Å². The SMILES string of the molecule is O=C(NNCCSCc1ccc(F)cc1)[C@@]1(C/C=C/c2ccccc2)N=C(c2ccc(OCCCO)cc2)O[C@H]1c1ccccc1Br. The van der Waals surface area contributed by atoms with E-state index in [4.69, 9.17) is 19.6 Å². The van der Waals surface area contributed by atoms with Gasteiger partial charge in [-0.3, -0.25) is 10.2 Å². The quantitative estimate of drug-likeness (QED) is 0.0835. The Morgan fingerprint density at radius 3 is 2.51 bits per heavy atom. The number of hydrazine groups is 1. The Kier molecular flexibility index (Phi) is 12.6. The zero-order valence-electron chi connectivity index (χ0n) is 25.8. The van der Waals surface area contributed by atoms with E-state index in [1.54, 1.807) is 23.9 Å². The van der Waals surface area contributed by atoms with E-state index < -0.39 is 11.6 Å². The van der Waals surface area contributed by atoms with Crippen molar-refractivity contribution in [2.45, 2.75) is 30.2 Å². The molecule has 1 heterocycles. The lowest BCUT2D eigenvalue weighted by Gasteiger charge is -2.30. The van der Waals surface area contributed by atoms with Gasteiger partial charge < -0.3 is 14.6 Å². The van der Waals surface area contributed by atoms with Crippen molar-refractivity contribution in [3.05, 3.63) is 142 Å². The summed E-state index contributed by atoms with van der Waals surface area (Å²) in [6, 6.07) is 31.4. The second-order valence-electron chi connectivity index (χ2n) is 10.9. The third kappa shape index (κ3) is 9.32. The molecule has 0 saturated heterocycles. The van der Waals surface area contributed by atoms with Crippen LogP contribution in [0.1, 0.15) is 41.2 Å². The third-order valence-corrected chi connectivity index (χ3v) is 9.26. The number of benzene rings is 4. The minimum atomic E-state index is -1.34. The summed E-state index contributed by atoms with van der Waals surface area (Å²) < 4.78 is 26.3. The molecule has 0 bridgehead atoms. The maximum absolute atomic E-state index is 14.3. The predicted molar refractivity (Wildman–Crippen MR) is 190 cm³/mol. The molecule has 0 unspecified atom stereocenters. The van der Waals surface area contributed by atoms with Gasteiger partial charge in [0.2, 0.25) is 5.90 Å². The number of hydrogen-bond donors (Lipinski definition) is 3. The molecule has 1 amide bonds. The first kappa shape index (κ1) is 34.4. The number of thioether (sulfide) groups is 1. The molecule has 10 heteroatoms. The van der Waals surface area contributed by atoms with Crippen LogP contribution in [-0.4, -0.2) is 48.0 Å². The topological polar surface area (TPSA) is 92.2 Å². The summed E-state index contributed by atoms with van der Waals surface area (Å²) in [5.74, 6) is 1.91. The van der Waals surface area contributed by atoms with E-state index in [1.807, 2.05) is 91.0 Å². The van der Waals surface area contributed by atoms with Gasteiger partial charge in [0.15, 0.2) is 11.6 Å². The first-order chi connectivity index (χ1) is 23.0. The van der Waals surface area contributed by atoms with Crippen molar-refractivity contribution in [1.29, 1.82) is 0 Å². The zero-order chi connectivity index (χ0) is 32.9. The first-order valence-electron chi connectivity index (χ1n) is 15.4. The molecule has 47 heavy (non-hydrogen) atoms. The predicted octanol–water partition coefficient (Wildman–Crippen LogP) is 7.26. The second-order valence-corrected chi connectivity index (χ2v) is 12.8. The van der Waals surface area contributed by atoms with Gasteiger partial charge in [0.25, 0.3) is 5.91 Å². The molecule has 7 nitrogen and oxygen atoms in total. The molecule has 0 aromatic heterocycles. The number of aliphatic imine (C=N–C) groups is 1. The lowest BCUT2D eigenvalue weighted by atomic mass is 9.84. The Labute approximate surface area is 287 Å². The van der Waals surface area contributed by atoms with Crippen LogP contribution in [0.5, 0.6) is 5.75 Å². The van der Waals surface area contributed by atoms with Gasteiger partial charge in [0.05, 0.1) is 6.61 Å². The van der Waals surface area contributed by atoms with Crippen molar-refractivity contribution in [2.24, 2.45) is 4.99 Å². The Bertz CT molecular complexity index is 1650. The Morgan fingerprint density at radius 1 is 1.02 bits per heavy atom. The number of aliphatic hydroxyl groups is 1. The molecule has 0 saturated carbocycles. The fraction of sp³-hybridized carbons (Fsp3) is 0.243. The normalized spacial score (nSPS) is 17.3. The molecule has 5 rings (SSSR count). The van der Waals surface area contributed by atoms with Crippen LogP contribution in [0.2, 0.25) is 0 Å². The van der Waals surface area contributed by atoms with Gasteiger partial charge in [-0.2, -0.15) is 11.8 Å². The minimum Gasteiger partial charge on any atom is -0.494 e. The van der Waals surface area contributed by atoms with Crippen LogP contribution in [-0.2, 0) is 15.3 Å². The molecule has 0 fully saturated rings. The van der Waals surface area contributed by atoms with Crippen LogP contribution in [0, 0.1) is 5.82 Å². The molecule has 0 aliphatic carbocycles. The van der Waals surface area contributed by atoms with E-state index in [9.17, 15) is 9.18 Å². The van der Waals surface area contributed by atoms with Crippen molar-refractivity contribution in [1.82, 2.24) is 10.9 Å². The van der Waals surface area contributed by atoms with Gasteiger partial charge in [0.1, 0.15) is 11.6 Å². The second kappa shape index (κ2) is 17.3. The highest BCUT2D eigenvalue weighted by Crippen LogP contribution is 2.45. The molecule has 4 aromatic rings. The summed E-state index contributed by atoms with van der Waals surface area (Å²) in [5.41, 5.74) is 8.23. The fourth-order valence-corrected chi connectivity index (χ4v) is 6.38.